The average molecular weight is 468 g/mol. The summed E-state index contributed by atoms with van der Waals surface area (Å²) < 4.78 is 0. The highest BCUT2D eigenvalue weighted by atomic mass is 16.2. The van der Waals surface area contributed by atoms with Crippen LogP contribution in [0.25, 0.3) is 0 Å². The van der Waals surface area contributed by atoms with E-state index in [1.807, 2.05) is 44.2 Å². The molecule has 1 aliphatic heterocycles. The SMILES string of the molecule is CC(C)NC(=O)NC1CCN(C(=O)c2cnccn2)C1C(=O)NC(Cc1ccccc1)C(N)=O. The maximum Gasteiger partial charge on any atom is 0.315 e. The number of rotatable bonds is 8. The molecule has 34 heavy (non-hydrogen) atoms. The van der Waals surface area contributed by atoms with Crippen molar-refractivity contribution >= 4 is 23.8 Å². The lowest BCUT2D eigenvalue weighted by atomic mass is 10.0. The quantitative estimate of drug-likeness (QED) is 0.427. The molecule has 1 aromatic carbocycles. The number of carbonyl (C=O) groups excluding carboxylic acids is 4. The molecule has 3 rings (SSSR count). The molecule has 5 amide bonds. The van der Waals surface area contributed by atoms with Gasteiger partial charge in [0.15, 0.2) is 0 Å². The van der Waals surface area contributed by atoms with Crippen molar-refractivity contribution in [2.75, 3.05) is 6.54 Å². The van der Waals surface area contributed by atoms with E-state index in [0.717, 1.165) is 5.56 Å². The van der Waals surface area contributed by atoms with E-state index in [2.05, 4.69) is 25.9 Å². The van der Waals surface area contributed by atoms with Crippen LogP contribution in [0.1, 0.15) is 36.3 Å². The monoisotopic (exact) mass is 467 g/mol. The molecule has 11 nitrogen and oxygen atoms in total. The highest BCUT2D eigenvalue weighted by Crippen LogP contribution is 2.21. The number of hydrogen-bond donors (Lipinski definition) is 4. The van der Waals surface area contributed by atoms with Crippen LogP contribution in [0, 0.1) is 0 Å². The van der Waals surface area contributed by atoms with Crippen molar-refractivity contribution in [2.24, 2.45) is 5.73 Å². The molecule has 3 atom stereocenters. The Morgan fingerprint density at radius 1 is 1.12 bits per heavy atom. The van der Waals surface area contributed by atoms with Gasteiger partial charge in [0.1, 0.15) is 17.8 Å². The van der Waals surface area contributed by atoms with Crippen LogP contribution in [-0.4, -0.2) is 69.3 Å². The molecule has 1 saturated heterocycles. The third-order valence-electron chi connectivity index (χ3n) is 5.39. The van der Waals surface area contributed by atoms with Crippen molar-refractivity contribution in [1.29, 1.82) is 0 Å². The smallest absolute Gasteiger partial charge is 0.315 e. The summed E-state index contributed by atoms with van der Waals surface area (Å²) in [4.78, 5) is 60.2. The largest absolute Gasteiger partial charge is 0.368 e. The van der Waals surface area contributed by atoms with Gasteiger partial charge in [-0.1, -0.05) is 30.3 Å². The fourth-order valence-electron chi connectivity index (χ4n) is 3.85. The van der Waals surface area contributed by atoms with Gasteiger partial charge in [0.05, 0.1) is 12.2 Å². The molecule has 1 aliphatic rings. The minimum Gasteiger partial charge on any atom is -0.368 e. The van der Waals surface area contributed by atoms with Crippen molar-refractivity contribution in [2.45, 2.75) is 50.9 Å². The second-order valence-electron chi connectivity index (χ2n) is 8.35. The van der Waals surface area contributed by atoms with E-state index in [1.54, 1.807) is 0 Å². The predicted octanol–water partition coefficient (Wildman–Crippen LogP) is -0.0199. The van der Waals surface area contributed by atoms with Gasteiger partial charge < -0.3 is 26.6 Å². The summed E-state index contributed by atoms with van der Waals surface area (Å²) in [6.45, 7) is 3.83. The Labute approximate surface area is 197 Å². The van der Waals surface area contributed by atoms with E-state index in [-0.39, 0.29) is 24.7 Å². The van der Waals surface area contributed by atoms with Crippen molar-refractivity contribution in [3.8, 4) is 0 Å². The first-order valence-corrected chi connectivity index (χ1v) is 11.0. The zero-order chi connectivity index (χ0) is 24.7. The Kier molecular flexibility index (Phi) is 8.12. The number of aromatic nitrogens is 2. The van der Waals surface area contributed by atoms with Crippen molar-refractivity contribution in [3.63, 3.8) is 0 Å². The fourth-order valence-corrected chi connectivity index (χ4v) is 3.85. The van der Waals surface area contributed by atoms with Crippen molar-refractivity contribution in [3.05, 3.63) is 60.2 Å². The van der Waals surface area contributed by atoms with Gasteiger partial charge in [0.25, 0.3) is 5.91 Å². The Hall–Kier alpha value is -4.02. The van der Waals surface area contributed by atoms with Crippen LogP contribution in [0.3, 0.4) is 0 Å². The maximum atomic E-state index is 13.4. The fraction of sp³-hybridized carbons (Fsp3) is 0.391. The first-order chi connectivity index (χ1) is 16.3. The number of amides is 5. The summed E-state index contributed by atoms with van der Waals surface area (Å²) in [5, 5.41) is 8.16. The minimum absolute atomic E-state index is 0.0725. The van der Waals surface area contributed by atoms with Crippen LogP contribution < -0.4 is 21.7 Å². The van der Waals surface area contributed by atoms with Gasteiger partial charge in [-0.05, 0) is 25.8 Å². The number of benzene rings is 1. The Balaban J connectivity index is 1.82. The number of urea groups is 1. The lowest BCUT2D eigenvalue weighted by molar-refractivity contribution is -0.130. The molecule has 2 aromatic rings. The van der Waals surface area contributed by atoms with Crippen LogP contribution in [-0.2, 0) is 16.0 Å². The third-order valence-corrected chi connectivity index (χ3v) is 5.39. The number of likely N-dealkylation sites (tertiary alicyclic amines) is 1. The van der Waals surface area contributed by atoms with E-state index in [0.29, 0.717) is 6.42 Å². The average Bonchev–Trinajstić information content (AvgIpc) is 3.22. The molecule has 3 unspecified atom stereocenters. The van der Waals surface area contributed by atoms with Crippen LogP contribution in [0.4, 0.5) is 4.79 Å². The zero-order valence-corrected chi connectivity index (χ0v) is 19.1. The van der Waals surface area contributed by atoms with Crippen LogP contribution in [0.2, 0.25) is 0 Å². The second-order valence-corrected chi connectivity index (χ2v) is 8.35. The molecule has 180 valence electrons. The maximum absolute atomic E-state index is 13.4. The summed E-state index contributed by atoms with van der Waals surface area (Å²) in [7, 11) is 0. The van der Waals surface area contributed by atoms with E-state index in [4.69, 9.17) is 5.73 Å². The summed E-state index contributed by atoms with van der Waals surface area (Å²) in [6, 6.07) is 5.82. The number of carbonyl (C=O) groups is 4. The first-order valence-electron chi connectivity index (χ1n) is 11.0. The van der Waals surface area contributed by atoms with E-state index >= 15 is 0 Å². The first kappa shape index (κ1) is 24.6. The van der Waals surface area contributed by atoms with E-state index in [1.165, 1.54) is 23.5 Å². The Morgan fingerprint density at radius 2 is 1.85 bits per heavy atom. The molecule has 2 heterocycles. The van der Waals surface area contributed by atoms with Gasteiger partial charge >= 0.3 is 6.03 Å². The summed E-state index contributed by atoms with van der Waals surface area (Å²) >= 11 is 0. The topological polar surface area (TPSA) is 159 Å². The van der Waals surface area contributed by atoms with E-state index in [9.17, 15) is 19.2 Å². The number of nitrogens with two attached hydrogens (primary N) is 1. The highest BCUT2D eigenvalue weighted by molar-refractivity contribution is 5.98. The third kappa shape index (κ3) is 6.27. The van der Waals surface area contributed by atoms with Crippen LogP contribution in [0.5, 0.6) is 0 Å². The molecule has 0 radical (unpaired) electrons. The Morgan fingerprint density at radius 3 is 2.47 bits per heavy atom. The molecule has 0 saturated carbocycles. The predicted molar refractivity (Wildman–Crippen MR) is 123 cm³/mol. The van der Waals surface area contributed by atoms with Gasteiger partial charge in [-0.15, -0.1) is 0 Å². The lowest BCUT2D eigenvalue weighted by Gasteiger charge is -2.29. The van der Waals surface area contributed by atoms with Gasteiger partial charge in [-0.3, -0.25) is 19.4 Å². The minimum atomic E-state index is -1.06. The van der Waals surface area contributed by atoms with Gasteiger partial charge in [-0.25, -0.2) is 9.78 Å². The van der Waals surface area contributed by atoms with Gasteiger partial charge in [-0.2, -0.15) is 0 Å². The number of primary amides is 1. The molecule has 1 fully saturated rings. The number of nitrogens with zero attached hydrogens (tertiary/aromatic N) is 3. The molecule has 0 bridgehead atoms. The summed E-state index contributed by atoms with van der Waals surface area (Å²) in [5.74, 6) is -1.80. The van der Waals surface area contributed by atoms with Gasteiger partial charge in [0, 0.05) is 31.4 Å². The van der Waals surface area contributed by atoms with Crippen molar-refractivity contribution in [1.82, 2.24) is 30.8 Å². The van der Waals surface area contributed by atoms with Crippen molar-refractivity contribution < 1.29 is 19.2 Å². The molecular weight excluding hydrogens is 438 g/mol. The molecular formula is C23H29N7O4. The number of nitrogens with one attached hydrogen (secondary N) is 3. The standard InChI is InChI=1S/C23H29N7O4/c1-14(2)27-23(34)29-16-8-11-30(22(33)18-13-25-9-10-26-18)19(16)21(32)28-17(20(24)31)12-15-6-4-3-5-7-15/h3-7,9-10,13-14,16-17,19H,8,11-12H2,1-2H3,(H2,24,31)(H,28,32)(H2,27,29,34). The van der Waals surface area contributed by atoms with Gasteiger partial charge in [0.2, 0.25) is 11.8 Å². The summed E-state index contributed by atoms with van der Waals surface area (Å²) in [6.07, 6.45) is 4.67. The lowest BCUT2D eigenvalue weighted by Crippen LogP contribution is -2.59. The zero-order valence-electron chi connectivity index (χ0n) is 19.1. The summed E-state index contributed by atoms with van der Waals surface area (Å²) in [5.41, 5.74) is 6.44. The molecule has 0 aliphatic carbocycles. The second kappa shape index (κ2) is 11.2. The van der Waals surface area contributed by atoms with Crippen LogP contribution in [0.15, 0.2) is 48.9 Å². The molecule has 0 spiro atoms. The number of hydrogen-bond acceptors (Lipinski definition) is 6. The van der Waals surface area contributed by atoms with E-state index < -0.39 is 41.9 Å². The highest BCUT2D eigenvalue weighted by Gasteiger charge is 2.44. The molecule has 1 aromatic heterocycles. The normalized spacial score (nSPS) is 18.3. The molecule has 11 heteroatoms. The molecule has 5 N–H and O–H groups in total. The van der Waals surface area contributed by atoms with Crippen LogP contribution >= 0.6 is 0 Å². The Bertz CT molecular complexity index is 1020.